The van der Waals surface area contributed by atoms with E-state index in [0.717, 1.165) is 42.5 Å². The summed E-state index contributed by atoms with van der Waals surface area (Å²) in [4.78, 5) is 8.34. The lowest BCUT2D eigenvalue weighted by atomic mass is 9.97. The zero-order valence-electron chi connectivity index (χ0n) is 14.9. The molecule has 4 aromatic heterocycles. The largest absolute Gasteiger partial charge is 0.492 e. The summed E-state index contributed by atoms with van der Waals surface area (Å²) in [5.41, 5.74) is 0. The molecule has 0 bridgehead atoms. The summed E-state index contributed by atoms with van der Waals surface area (Å²) in [6, 6.07) is 7.32. The Morgan fingerprint density at radius 1 is 1.19 bits per heavy atom. The van der Waals surface area contributed by atoms with Crippen molar-refractivity contribution in [3.8, 4) is 17.5 Å². The van der Waals surface area contributed by atoms with E-state index in [1.807, 2.05) is 12.1 Å². The van der Waals surface area contributed by atoms with Gasteiger partial charge in [0.15, 0.2) is 5.76 Å². The zero-order valence-corrected chi connectivity index (χ0v) is 15.7. The van der Waals surface area contributed by atoms with E-state index in [0.29, 0.717) is 16.5 Å². The molecule has 1 atom stereocenters. The molecule has 0 amide bonds. The monoisotopic (exact) mass is 384 g/mol. The van der Waals surface area contributed by atoms with Crippen molar-refractivity contribution in [2.45, 2.75) is 25.8 Å². The Morgan fingerprint density at radius 3 is 2.63 bits per heavy atom. The number of aromatic nitrogens is 3. The van der Waals surface area contributed by atoms with Crippen LogP contribution in [0.4, 0.5) is 0 Å². The van der Waals surface area contributed by atoms with Crippen LogP contribution in [0.3, 0.4) is 0 Å². The normalized spacial score (nSPS) is 17.7. The lowest BCUT2D eigenvalue weighted by Gasteiger charge is -2.35. The predicted octanol–water partition coefficient (Wildman–Crippen LogP) is 4.17. The topological polar surface area (TPSA) is 79.9 Å². The molecular weight excluding hydrogens is 364 g/mol. The first-order valence-electron chi connectivity index (χ1n) is 9.10. The number of fused-ring (bicyclic) bond motifs is 1. The van der Waals surface area contributed by atoms with Crippen LogP contribution in [0.1, 0.15) is 36.4 Å². The van der Waals surface area contributed by atoms with Crippen molar-refractivity contribution in [1.29, 1.82) is 0 Å². The van der Waals surface area contributed by atoms with Crippen molar-refractivity contribution in [1.82, 2.24) is 19.5 Å². The van der Waals surface area contributed by atoms with Crippen molar-refractivity contribution in [3.05, 3.63) is 47.4 Å². The van der Waals surface area contributed by atoms with Gasteiger partial charge < -0.3 is 13.9 Å². The van der Waals surface area contributed by atoms with Crippen LogP contribution in [0.25, 0.3) is 16.5 Å². The van der Waals surface area contributed by atoms with Crippen molar-refractivity contribution in [2.24, 2.45) is 5.92 Å². The third-order valence-corrected chi connectivity index (χ3v) is 6.26. The van der Waals surface area contributed by atoms with Gasteiger partial charge >= 0.3 is 0 Å². The van der Waals surface area contributed by atoms with Crippen LogP contribution in [0.5, 0.6) is 5.88 Å². The molecule has 5 rings (SSSR count). The van der Waals surface area contributed by atoms with Gasteiger partial charge in [-0.15, -0.1) is 5.10 Å². The van der Waals surface area contributed by atoms with Crippen molar-refractivity contribution >= 4 is 16.3 Å². The van der Waals surface area contributed by atoms with Crippen molar-refractivity contribution in [3.63, 3.8) is 0 Å². The number of thiazole rings is 1. The predicted molar refractivity (Wildman–Crippen MR) is 101 cm³/mol. The first-order chi connectivity index (χ1) is 13.2. The Kier molecular flexibility index (Phi) is 4.02. The molecule has 8 heteroatoms. The summed E-state index contributed by atoms with van der Waals surface area (Å²) in [6.45, 7) is 4.23. The molecule has 0 aromatic carbocycles. The van der Waals surface area contributed by atoms with E-state index < -0.39 is 0 Å². The molecule has 1 saturated heterocycles. The molecule has 4 aromatic rings. The minimum absolute atomic E-state index is 0.111. The van der Waals surface area contributed by atoms with Gasteiger partial charge in [-0.3, -0.25) is 4.90 Å². The highest BCUT2D eigenvalue weighted by Crippen LogP contribution is 2.41. The molecular formula is C19H20N4O3S. The number of likely N-dealkylation sites (tertiary alicyclic amines) is 1. The third-order valence-electron chi connectivity index (χ3n) is 5.19. The van der Waals surface area contributed by atoms with Crippen LogP contribution < -0.4 is 0 Å². The Balaban J connectivity index is 1.56. The average molecular weight is 384 g/mol. The summed E-state index contributed by atoms with van der Waals surface area (Å²) in [7, 11) is 0. The number of piperidine rings is 1. The fourth-order valence-corrected chi connectivity index (χ4v) is 4.74. The van der Waals surface area contributed by atoms with Gasteiger partial charge in [-0.25, -0.2) is 0 Å². The van der Waals surface area contributed by atoms with E-state index in [9.17, 15) is 5.11 Å². The van der Waals surface area contributed by atoms with Gasteiger partial charge in [-0.1, -0.05) is 18.3 Å². The van der Waals surface area contributed by atoms with Crippen LogP contribution in [-0.2, 0) is 0 Å². The van der Waals surface area contributed by atoms with Crippen LogP contribution in [-0.4, -0.2) is 37.7 Å². The van der Waals surface area contributed by atoms with Gasteiger partial charge in [0.05, 0.1) is 17.4 Å². The fourth-order valence-electron chi connectivity index (χ4n) is 3.65. The highest BCUT2D eigenvalue weighted by atomic mass is 32.1. The van der Waals surface area contributed by atoms with Crippen LogP contribution >= 0.6 is 11.3 Å². The zero-order chi connectivity index (χ0) is 18.4. The van der Waals surface area contributed by atoms with E-state index in [-0.39, 0.29) is 11.9 Å². The number of hydrogen-bond acceptors (Lipinski definition) is 7. The smallest absolute Gasteiger partial charge is 0.230 e. The van der Waals surface area contributed by atoms with E-state index in [2.05, 4.69) is 21.9 Å². The molecule has 1 aliphatic heterocycles. The summed E-state index contributed by atoms with van der Waals surface area (Å²) in [5.74, 6) is 2.72. The second kappa shape index (κ2) is 6.54. The molecule has 1 aliphatic rings. The molecule has 1 fully saturated rings. The molecule has 0 spiro atoms. The van der Waals surface area contributed by atoms with Gasteiger partial charge in [0, 0.05) is 0 Å². The van der Waals surface area contributed by atoms with Crippen LogP contribution in [0, 0.1) is 5.92 Å². The maximum Gasteiger partial charge on any atom is 0.230 e. The lowest BCUT2D eigenvalue weighted by Crippen LogP contribution is -2.36. The Hall–Kier alpha value is -2.58. The average Bonchev–Trinajstić information content (AvgIpc) is 3.44. The van der Waals surface area contributed by atoms with Gasteiger partial charge in [-0.2, -0.15) is 9.50 Å². The first-order valence-corrected chi connectivity index (χ1v) is 9.92. The molecule has 0 saturated carbocycles. The SMILES string of the molecule is CC1CCN([C@H](c2ccco2)c2sc3nc(-c4ccco4)nn3c2O)CC1. The molecule has 0 unspecified atom stereocenters. The lowest BCUT2D eigenvalue weighted by molar-refractivity contribution is 0.144. The van der Waals surface area contributed by atoms with Gasteiger partial charge in [-0.05, 0) is 56.1 Å². The van der Waals surface area contributed by atoms with E-state index in [1.165, 1.54) is 15.9 Å². The van der Waals surface area contributed by atoms with Gasteiger partial charge in [0.25, 0.3) is 0 Å². The summed E-state index contributed by atoms with van der Waals surface area (Å²) >= 11 is 1.44. The molecule has 0 aliphatic carbocycles. The van der Waals surface area contributed by atoms with Crippen LogP contribution in [0.2, 0.25) is 0 Å². The van der Waals surface area contributed by atoms with Gasteiger partial charge in [0.1, 0.15) is 11.8 Å². The van der Waals surface area contributed by atoms with E-state index in [4.69, 9.17) is 8.83 Å². The second-order valence-corrected chi connectivity index (χ2v) is 8.04. The number of hydrogen-bond donors (Lipinski definition) is 1. The minimum atomic E-state index is -0.131. The minimum Gasteiger partial charge on any atom is -0.492 e. The number of nitrogens with zero attached hydrogens (tertiary/aromatic N) is 4. The number of aromatic hydroxyl groups is 1. The van der Waals surface area contributed by atoms with Crippen LogP contribution in [0.15, 0.2) is 45.6 Å². The molecule has 140 valence electrons. The van der Waals surface area contributed by atoms with E-state index >= 15 is 0 Å². The summed E-state index contributed by atoms with van der Waals surface area (Å²) in [5, 5.41) is 15.3. The number of furan rings is 2. The Labute approximate surface area is 159 Å². The Bertz CT molecular complexity index is 1030. The highest BCUT2D eigenvalue weighted by molar-refractivity contribution is 7.17. The first kappa shape index (κ1) is 16.6. The maximum absolute atomic E-state index is 10.9. The Morgan fingerprint density at radius 2 is 1.96 bits per heavy atom. The number of rotatable bonds is 4. The van der Waals surface area contributed by atoms with Gasteiger partial charge in [0.2, 0.25) is 16.7 Å². The quantitative estimate of drug-likeness (QED) is 0.569. The van der Waals surface area contributed by atoms with E-state index in [1.54, 1.807) is 24.7 Å². The summed E-state index contributed by atoms with van der Waals surface area (Å²) < 4.78 is 12.6. The second-order valence-electron chi connectivity index (χ2n) is 7.03. The maximum atomic E-state index is 10.9. The van der Waals surface area contributed by atoms with Crippen molar-refractivity contribution in [2.75, 3.05) is 13.1 Å². The third kappa shape index (κ3) is 2.85. The summed E-state index contributed by atoms with van der Waals surface area (Å²) in [6.07, 6.45) is 5.54. The highest BCUT2D eigenvalue weighted by Gasteiger charge is 2.33. The molecule has 1 N–H and O–H groups in total. The fraction of sp³-hybridized carbons (Fsp3) is 0.368. The molecule has 5 heterocycles. The molecule has 27 heavy (non-hydrogen) atoms. The standard InChI is InChI=1S/C19H20N4O3S/c1-12-6-8-22(9-7-12)15(13-4-2-10-25-13)16-18(24)23-19(27-16)20-17(21-23)14-5-3-11-26-14/h2-5,10-12,15,24H,6-9H2,1H3/t15-/m1/s1. The molecule has 7 nitrogen and oxygen atoms in total. The molecule has 0 radical (unpaired) electrons. The van der Waals surface area contributed by atoms with Crippen molar-refractivity contribution < 1.29 is 13.9 Å².